The first-order valence-electron chi connectivity index (χ1n) is 24.6. The first-order valence-corrected chi connectivity index (χ1v) is 27.9. The lowest BCUT2D eigenvalue weighted by Gasteiger charge is -2.37. The number of hydrogen-bond donors (Lipinski definition) is 3. The van der Waals surface area contributed by atoms with Gasteiger partial charge in [0.1, 0.15) is 50.7 Å². The van der Waals surface area contributed by atoms with Crippen molar-refractivity contribution in [1.29, 1.82) is 0 Å². The molecule has 0 bridgehead atoms. The van der Waals surface area contributed by atoms with Gasteiger partial charge in [-0.15, -0.1) is 0 Å². The molecule has 3 aliphatic rings. The Balaban J connectivity index is 1.27. The van der Waals surface area contributed by atoms with E-state index in [0.29, 0.717) is 12.0 Å². The van der Waals surface area contributed by atoms with Crippen LogP contribution in [0.25, 0.3) is 14.5 Å². The van der Waals surface area contributed by atoms with Gasteiger partial charge in [0, 0.05) is 66.6 Å². The van der Waals surface area contributed by atoms with Crippen molar-refractivity contribution in [1.82, 2.24) is 33.3 Å². The van der Waals surface area contributed by atoms with Crippen LogP contribution in [0.2, 0.25) is 0 Å². The van der Waals surface area contributed by atoms with E-state index in [4.69, 9.17) is 70.1 Å². The molecule has 3 saturated heterocycles. The molecule has 0 aromatic carbocycles. The van der Waals surface area contributed by atoms with Crippen molar-refractivity contribution in [2.75, 3.05) is 52.7 Å². The number of aromatic amines is 3. The second kappa shape index (κ2) is 28.8. The fourth-order valence-corrected chi connectivity index (χ4v) is 12.4. The molecule has 0 spiro atoms. The Hall–Kier alpha value is -4.68. The van der Waals surface area contributed by atoms with Crippen molar-refractivity contribution in [3.63, 3.8) is 0 Å². The molecule has 3 aliphatic heterocycles. The third-order valence-electron chi connectivity index (χ3n) is 12.1. The second-order valence-corrected chi connectivity index (χ2v) is 22.1. The first kappa shape index (κ1) is 60.5. The molecule has 12 atom stereocenters. The van der Waals surface area contributed by atoms with Crippen LogP contribution in [-0.2, 0) is 50.4 Å². The lowest BCUT2D eigenvalue weighted by Crippen LogP contribution is -2.36. The molecule has 76 heavy (non-hydrogen) atoms. The predicted octanol–water partition coefficient (Wildman–Crippen LogP) is 4.63. The van der Waals surface area contributed by atoms with Crippen molar-refractivity contribution >= 4 is 25.7 Å². The van der Waals surface area contributed by atoms with Crippen LogP contribution in [0, 0.1) is 40.5 Å². The standard InChI is InChI=1S/C46H65N10O17P3/c1-12-32-33(19-38(68-32)53-22-29(6)41(57)50-44(53)60)72-75(64-17-14-48-10)67-26-37-35(21-40(70-37)55-24-31(8)43(59)52-46(55)62)73-76(65-18-15-49-11)66-25-36-34(20-39(69-36)54-23-30(7)42(58)51-45(54)61)71-74(63-16-13-47-9)56(27(2)3)28(4)5/h22-24,27-28,32-40H,12-21,25-26H2,1-8H3,(H,50,57,60)(H,51,58,61)(H,52,59,62)/t32-,33+,34+,35+,36-,37-,38-,39-,40-,74?,75?,76?/m1/s1. The average Bonchev–Trinajstić information content (AvgIpc) is 4.11. The summed E-state index contributed by atoms with van der Waals surface area (Å²) in [6.45, 7) is 36.0. The van der Waals surface area contributed by atoms with Gasteiger partial charge in [0.2, 0.25) is 19.6 Å². The van der Waals surface area contributed by atoms with Gasteiger partial charge >= 0.3 is 34.3 Å². The molecule has 30 heteroatoms. The zero-order valence-electron chi connectivity index (χ0n) is 43.5. The summed E-state index contributed by atoms with van der Waals surface area (Å²) in [6, 6.07) is -0.0932. The Labute approximate surface area is 441 Å². The summed E-state index contributed by atoms with van der Waals surface area (Å²) in [5.41, 5.74) is -2.94. The van der Waals surface area contributed by atoms with E-state index >= 15 is 0 Å². The van der Waals surface area contributed by atoms with Gasteiger partial charge in [-0.25, -0.2) is 38.8 Å². The van der Waals surface area contributed by atoms with Crippen molar-refractivity contribution in [2.24, 2.45) is 0 Å². The van der Waals surface area contributed by atoms with Gasteiger partial charge in [-0.3, -0.25) is 43.0 Å². The van der Waals surface area contributed by atoms with Gasteiger partial charge in [0.15, 0.2) is 0 Å². The molecule has 27 nitrogen and oxygen atoms in total. The molecular formula is C46H65N10O17P3. The Morgan fingerprint density at radius 2 is 0.908 bits per heavy atom. The summed E-state index contributed by atoms with van der Waals surface area (Å²) in [4.78, 5) is 93.3. The number of nitrogens with one attached hydrogen (secondary N) is 3. The third kappa shape index (κ3) is 16.0. The molecule has 0 aliphatic carbocycles. The highest BCUT2D eigenvalue weighted by Gasteiger charge is 2.45. The Morgan fingerprint density at radius 3 is 1.26 bits per heavy atom. The number of hydrogen-bond acceptors (Lipinski definition) is 18. The fraction of sp³-hybridized carbons (Fsp3) is 0.674. The SMILES string of the molecule is [C-]#[N+]CCOP(OC[C@H]1O[C@@H](n2cc(C)c(=O)[nH]c2=O)C[C@@H]1OP(OCC[N+]#[C-])OC[C@H]1O[C@@H](n2cc(C)c(=O)[nH]c2=O)C[C@@H]1OP(OCC[N+]#[C-])N(C(C)C)C(C)C)O[C@H]1C[C@H](n2cc(C)c(=O)[nH]c2=O)O[C@@H]1CC. The molecule has 3 aromatic heterocycles. The van der Waals surface area contributed by atoms with Crippen molar-refractivity contribution in [3.05, 3.63) is 132 Å². The number of aryl methyl sites for hydroxylation is 3. The maximum Gasteiger partial charge on any atom is 0.333 e. The number of ether oxygens (including phenoxy) is 3. The quantitative estimate of drug-likeness (QED) is 0.0508. The molecule has 3 aromatic rings. The summed E-state index contributed by atoms with van der Waals surface area (Å²) in [5, 5.41) is 0. The molecule has 3 N–H and O–H groups in total. The highest BCUT2D eigenvalue weighted by Crippen LogP contribution is 2.52. The molecular weight excluding hydrogens is 1060 g/mol. The first-order chi connectivity index (χ1) is 36.3. The van der Waals surface area contributed by atoms with Crippen molar-refractivity contribution in [3.8, 4) is 0 Å². The van der Waals surface area contributed by atoms with Crippen LogP contribution in [0.1, 0.15) is 95.7 Å². The van der Waals surface area contributed by atoms with Crippen molar-refractivity contribution < 1.29 is 50.4 Å². The van der Waals surface area contributed by atoms with E-state index in [2.05, 4.69) is 29.5 Å². The number of rotatable bonds is 28. The van der Waals surface area contributed by atoms with E-state index in [1.165, 1.54) is 39.2 Å². The maximum atomic E-state index is 13.3. The van der Waals surface area contributed by atoms with Crippen LogP contribution in [0.3, 0.4) is 0 Å². The van der Waals surface area contributed by atoms with E-state index in [-0.39, 0.29) is 95.1 Å². The van der Waals surface area contributed by atoms with E-state index in [9.17, 15) is 28.8 Å². The van der Waals surface area contributed by atoms with E-state index in [1.54, 1.807) is 13.8 Å². The smallest absolute Gasteiger partial charge is 0.333 e. The van der Waals surface area contributed by atoms with Crippen LogP contribution < -0.4 is 33.7 Å². The van der Waals surface area contributed by atoms with Crippen LogP contribution in [-0.4, -0.2) is 135 Å². The number of H-pyrrole nitrogens is 3. The second-order valence-electron chi connectivity index (χ2n) is 18.4. The minimum Gasteiger partial charge on any atom is -0.352 e. The zero-order valence-corrected chi connectivity index (χ0v) is 46.2. The van der Waals surface area contributed by atoms with Gasteiger partial charge in [0.05, 0.1) is 37.6 Å². The largest absolute Gasteiger partial charge is 0.352 e. The number of aromatic nitrogens is 6. The summed E-state index contributed by atoms with van der Waals surface area (Å²) < 4.78 is 75.8. The minimum atomic E-state index is -2.39. The highest BCUT2D eigenvalue weighted by molar-refractivity contribution is 7.44. The Bertz CT molecular complexity index is 2900. The topological polar surface area (TPSA) is 282 Å². The minimum absolute atomic E-state index is 0.0107. The molecule has 0 saturated carbocycles. The lowest BCUT2D eigenvalue weighted by atomic mass is 10.1. The van der Waals surface area contributed by atoms with Crippen LogP contribution >= 0.6 is 25.7 Å². The highest BCUT2D eigenvalue weighted by atomic mass is 31.2. The van der Waals surface area contributed by atoms with Crippen molar-refractivity contribution in [2.45, 2.75) is 148 Å². The third-order valence-corrected chi connectivity index (χ3v) is 16.7. The summed E-state index contributed by atoms with van der Waals surface area (Å²) in [7, 11) is -6.47. The predicted molar refractivity (Wildman–Crippen MR) is 276 cm³/mol. The van der Waals surface area contributed by atoms with Gasteiger partial charge in [0.25, 0.3) is 25.2 Å². The molecule has 3 unspecified atom stereocenters. The lowest BCUT2D eigenvalue weighted by molar-refractivity contribution is -0.0541. The molecule has 0 amide bonds. The van der Waals surface area contributed by atoms with Crippen LogP contribution in [0.4, 0.5) is 0 Å². The fourth-order valence-electron chi connectivity index (χ4n) is 8.42. The molecule has 6 heterocycles. The average molecular weight is 1120 g/mol. The van der Waals surface area contributed by atoms with Gasteiger partial charge < -0.3 is 64.9 Å². The van der Waals surface area contributed by atoms with Gasteiger partial charge in [-0.2, -0.15) is 0 Å². The van der Waals surface area contributed by atoms with Crippen LogP contribution in [0.5, 0.6) is 0 Å². The summed E-state index contributed by atoms with van der Waals surface area (Å²) >= 11 is 0. The normalized spacial score (nSPS) is 24.7. The van der Waals surface area contributed by atoms with E-state index in [1.807, 2.05) is 39.3 Å². The molecule has 3 fully saturated rings. The Kier molecular flexibility index (Phi) is 22.9. The maximum absolute atomic E-state index is 13.3. The van der Waals surface area contributed by atoms with E-state index in [0.717, 1.165) is 0 Å². The number of nitrogens with zero attached hydrogens (tertiary/aromatic N) is 7. The molecule has 6 rings (SSSR count). The van der Waals surface area contributed by atoms with E-state index < -0.39 is 115 Å². The zero-order chi connectivity index (χ0) is 55.2. The monoisotopic (exact) mass is 1120 g/mol. The van der Waals surface area contributed by atoms with Gasteiger partial charge in [-0.05, 0) is 54.9 Å². The molecule has 0 radical (unpaired) electrons. The Morgan fingerprint density at radius 1 is 0.566 bits per heavy atom. The summed E-state index contributed by atoms with van der Waals surface area (Å²) in [5.74, 6) is 0. The summed E-state index contributed by atoms with van der Waals surface area (Å²) in [6.07, 6.45) is -2.73. The molecule has 416 valence electrons. The van der Waals surface area contributed by atoms with Gasteiger partial charge in [-0.1, -0.05) is 6.92 Å². The van der Waals surface area contributed by atoms with Crippen LogP contribution in [0.15, 0.2) is 47.4 Å².